The second kappa shape index (κ2) is 8.47. The van der Waals surface area contributed by atoms with Gasteiger partial charge >= 0.3 is 12.1 Å². The van der Waals surface area contributed by atoms with Gasteiger partial charge in [-0.15, -0.1) is 0 Å². The number of aliphatic carboxylic acids is 1. The first-order chi connectivity index (χ1) is 15.9. The molecule has 3 aromatic rings. The third-order valence-electron chi connectivity index (χ3n) is 6.11. The minimum Gasteiger partial charge on any atom is -0.478 e. The lowest BCUT2D eigenvalue weighted by Gasteiger charge is -2.34. The van der Waals surface area contributed by atoms with Gasteiger partial charge in [0.15, 0.2) is 0 Å². The number of dihydropyridines is 1. The first-order valence-electron chi connectivity index (χ1n) is 10.5. The zero-order valence-electron chi connectivity index (χ0n) is 18.7. The van der Waals surface area contributed by atoms with Gasteiger partial charge in [0.1, 0.15) is 5.82 Å². The van der Waals surface area contributed by atoms with Crippen LogP contribution in [0.25, 0.3) is 11.0 Å². The van der Waals surface area contributed by atoms with Crippen molar-refractivity contribution in [3.63, 3.8) is 0 Å². The fourth-order valence-electron chi connectivity index (χ4n) is 4.20. The largest absolute Gasteiger partial charge is 0.478 e. The molecule has 178 valence electrons. The van der Waals surface area contributed by atoms with Crippen LogP contribution in [0.4, 0.5) is 13.2 Å². The predicted octanol–water partition coefficient (Wildman–Crippen LogP) is 5.50. The summed E-state index contributed by atoms with van der Waals surface area (Å²) >= 11 is 6.15. The number of pyridine rings is 1. The van der Waals surface area contributed by atoms with E-state index in [4.69, 9.17) is 11.6 Å². The molecule has 0 amide bonds. The summed E-state index contributed by atoms with van der Waals surface area (Å²) < 4.78 is 40.8. The highest BCUT2D eigenvalue weighted by atomic mass is 35.5. The van der Waals surface area contributed by atoms with Crippen molar-refractivity contribution in [1.82, 2.24) is 19.9 Å². The van der Waals surface area contributed by atoms with Crippen LogP contribution in [0, 0.1) is 13.8 Å². The minimum absolute atomic E-state index is 0.0814. The van der Waals surface area contributed by atoms with Gasteiger partial charge in [-0.05, 0) is 61.9 Å². The Bertz CT molecular complexity index is 1360. The monoisotopic (exact) mass is 490 g/mol. The minimum atomic E-state index is -4.53. The summed E-state index contributed by atoms with van der Waals surface area (Å²) in [5, 5.41) is 12.7. The number of imidazole rings is 1. The van der Waals surface area contributed by atoms with E-state index in [0.717, 1.165) is 34.4 Å². The van der Waals surface area contributed by atoms with Crippen molar-refractivity contribution < 1.29 is 23.1 Å². The SMILES string of the molecule is CCC1(c2cc(C)c3nc(C)n(Cc4ncc(C(F)(F)F)cc4Cl)c3c2)C=C(C(=O)O)C=CN1. The quantitative estimate of drug-likeness (QED) is 0.493. The predicted molar refractivity (Wildman–Crippen MR) is 123 cm³/mol. The number of carboxylic acids is 1. The third kappa shape index (κ3) is 4.16. The highest BCUT2D eigenvalue weighted by Crippen LogP contribution is 2.35. The van der Waals surface area contributed by atoms with Crippen LogP contribution in [0.2, 0.25) is 5.02 Å². The van der Waals surface area contributed by atoms with E-state index in [9.17, 15) is 23.1 Å². The summed E-state index contributed by atoms with van der Waals surface area (Å²) in [7, 11) is 0. The number of halogens is 4. The smallest absolute Gasteiger partial charge is 0.417 e. The van der Waals surface area contributed by atoms with Crippen molar-refractivity contribution in [1.29, 1.82) is 0 Å². The summed E-state index contributed by atoms with van der Waals surface area (Å²) in [4.78, 5) is 20.2. The van der Waals surface area contributed by atoms with E-state index in [-0.39, 0.29) is 22.8 Å². The van der Waals surface area contributed by atoms with Gasteiger partial charge in [-0.3, -0.25) is 4.98 Å². The van der Waals surface area contributed by atoms with Gasteiger partial charge in [-0.1, -0.05) is 24.6 Å². The van der Waals surface area contributed by atoms with Crippen molar-refractivity contribution in [2.45, 2.75) is 45.5 Å². The maximum Gasteiger partial charge on any atom is 0.417 e. The van der Waals surface area contributed by atoms with Crippen LogP contribution >= 0.6 is 11.6 Å². The van der Waals surface area contributed by atoms with E-state index in [1.807, 2.05) is 30.5 Å². The van der Waals surface area contributed by atoms with Gasteiger partial charge < -0.3 is 15.0 Å². The Morgan fingerprint density at radius 1 is 1.26 bits per heavy atom. The Labute approximate surface area is 198 Å². The van der Waals surface area contributed by atoms with E-state index < -0.39 is 23.2 Å². The van der Waals surface area contributed by atoms with Crippen molar-refractivity contribution in [2.75, 3.05) is 0 Å². The number of fused-ring (bicyclic) bond motifs is 1. The number of carbonyl (C=O) groups is 1. The molecule has 1 unspecified atom stereocenters. The van der Waals surface area contributed by atoms with E-state index in [0.29, 0.717) is 12.2 Å². The summed E-state index contributed by atoms with van der Waals surface area (Å²) in [5.41, 5.74) is 2.04. The Balaban J connectivity index is 1.83. The van der Waals surface area contributed by atoms with E-state index in [2.05, 4.69) is 15.3 Å². The van der Waals surface area contributed by atoms with E-state index in [1.165, 1.54) is 6.08 Å². The number of carboxylic acid groups (broad SMARTS) is 1. The molecular weight excluding hydrogens is 469 g/mol. The lowest BCUT2D eigenvalue weighted by Crippen LogP contribution is -2.39. The molecule has 0 saturated carbocycles. The van der Waals surface area contributed by atoms with Crippen LogP contribution in [0.1, 0.15) is 41.6 Å². The number of aromatic nitrogens is 3. The second-order valence-electron chi connectivity index (χ2n) is 8.26. The molecule has 0 spiro atoms. The third-order valence-corrected chi connectivity index (χ3v) is 6.44. The first-order valence-corrected chi connectivity index (χ1v) is 10.9. The molecule has 1 aromatic carbocycles. The van der Waals surface area contributed by atoms with Crippen molar-refractivity contribution in [2.24, 2.45) is 0 Å². The molecule has 1 aliphatic rings. The van der Waals surface area contributed by atoms with Crippen LogP contribution in [-0.4, -0.2) is 25.6 Å². The number of hydrogen-bond acceptors (Lipinski definition) is 4. The van der Waals surface area contributed by atoms with Crippen molar-refractivity contribution in [3.05, 3.63) is 81.6 Å². The Morgan fingerprint density at radius 3 is 2.62 bits per heavy atom. The average molecular weight is 491 g/mol. The summed E-state index contributed by atoms with van der Waals surface area (Å²) in [5.74, 6) is -0.367. The number of hydrogen-bond donors (Lipinski definition) is 2. The van der Waals surface area contributed by atoms with Crippen LogP contribution in [-0.2, 0) is 23.1 Å². The maximum atomic E-state index is 13.0. The summed E-state index contributed by atoms with van der Waals surface area (Å²) in [6.07, 6.45) is 1.65. The molecule has 0 radical (unpaired) electrons. The van der Waals surface area contributed by atoms with Gasteiger partial charge in [0.05, 0.1) is 45.0 Å². The number of aryl methyl sites for hydroxylation is 2. The number of rotatable bonds is 5. The topological polar surface area (TPSA) is 80.0 Å². The molecule has 0 saturated heterocycles. The molecule has 3 heterocycles. The Morgan fingerprint density at radius 2 is 2.00 bits per heavy atom. The van der Waals surface area contributed by atoms with E-state index >= 15 is 0 Å². The number of alkyl halides is 3. The molecule has 6 nitrogen and oxygen atoms in total. The van der Waals surface area contributed by atoms with E-state index in [1.54, 1.807) is 19.2 Å². The molecule has 2 N–H and O–H groups in total. The molecule has 34 heavy (non-hydrogen) atoms. The van der Waals surface area contributed by atoms with Crippen LogP contribution in [0.3, 0.4) is 0 Å². The van der Waals surface area contributed by atoms with Gasteiger partial charge in [-0.2, -0.15) is 13.2 Å². The van der Waals surface area contributed by atoms with Crippen LogP contribution < -0.4 is 5.32 Å². The molecular formula is C24H22ClF3N4O2. The maximum absolute atomic E-state index is 13.0. The zero-order chi connectivity index (χ0) is 24.8. The van der Waals surface area contributed by atoms with Crippen molar-refractivity contribution in [3.8, 4) is 0 Å². The summed E-state index contributed by atoms with van der Waals surface area (Å²) in [6, 6.07) is 4.76. The summed E-state index contributed by atoms with van der Waals surface area (Å²) in [6.45, 7) is 5.80. The van der Waals surface area contributed by atoms with Gasteiger partial charge in [0.25, 0.3) is 0 Å². The molecule has 1 atom stereocenters. The number of nitrogens with one attached hydrogen (secondary N) is 1. The molecule has 0 bridgehead atoms. The second-order valence-corrected chi connectivity index (χ2v) is 8.67. The number of nitrogens with zero attached hydrogens (tertiary/aromatic N) is 3. The lowest BCUT2D eigenvalue weighted by molar-refractivity contribution is -0.138. The molecule has 4 rings (SSSR count). The molecule has 1 aliphatic heterocycles. The average Bonchev–Trinajstić information content (AvgIpc) is 3.10. The van der Waals surface area contributed by atoms with Gasteiger partial charge in [0, 0.05) is 6.20 Å². The first kappa shape index (κ1) is 23.8. The van der Waals surface area contributed by atoms with Crippen LogP contribution in [0.5, 0.6) is 0 Å². The lowest BCUT2D eigenvalue weighted by atomic mass is 9.83. The molecule has 2 aromatic heterocycles. The molecule has 10 heteroatoms. The fraction of sp³-hybridized carbons (Fsp3) is 0.292. The standard InChI is InChI=1S/C24H22ClF3N4O2/c1-4-23(10-15(22(33)34)5-6-30-23)16-7-13(2)21-20(9-16)32(14(3)31-21)12-19-18(25)8-17(11-29-19)24(26,27)28/h5-11,30H,4,12H2,1-3H3,(H,33,34). The highest BCUT2D eigenvalue weighted by Gasteiger charge is 2.33. The normalized spacial score (nSPS) is 18.1. The van der Waals surface area contributed by atoms with Crippen LogP contribution in [0.15, 0.2) is 48.3 Å². The molecule has 0 fully saturated rings. The van der Waals surface area contributed by atoms with Crippen molar-refractivity contribution >= 4 is 28.6 Å². The van der Waals surface area contributed by atoms with Gasteiger partial charge in [0.2, 0.25) is 0 Å². The zero-order valence-corrected chi connectivity index (χ0v) is 19.4. The fourth-order valence-corrected chi connectivity index (χ4v) is 4.42. The number of benzene rings is 1. The Hall–Kier alpha value is -3.33. The highest BCUT2D eigenvalue weighted by molar-refractivity contribution is 6.31. The van der Waals surface area contributed by atoms with Gasteiger partial charge in [-0.25, -0.2) is 9.78 Å². The Kier molecular flexibility index (Phi) is 5.93. The molecule has 0 aliphatic carbocycles.